The smallest absolute Gasteiger partial charge is 0.231 e. The zero-order valence-corrected chi connectivity index (χ0v) is 22.5. The van der Waals surface area contributed by atoms with Crippen molar-refractivity contribution in [2.45, 2.75) is 25.7 Å². The Bertz CT molecular complexity index is 1740. The maximum Gasteiger partial charge on any atom is 0.231 e. The molecule has 1 atom stereocenters. The van der Waals surface area contributed by atoms with Crippen molar-refractivity contribution < 1.29 is 18.9 Å². The SMILES string of the molecule is C/C=C(/C1=C(CC)c2cc3c(cc2C1(C#Cc1ccccc1)c1ccc2c(c1)OCO2)OCO3)c1ccccc1. The predicted molar refractivity (Wildman–Crippen MR) is 157 cm³/mol. The number of fused-ring (bicyclic) bond motifs is 3. The molecule has 1 aliphatic carbocycles. The standard InChI is InChI=1S/C36H28O4/c1-3-27(25-13-9-6-10-14-25)35-28(4-2)29-20-33-34(40-23-39-33)21-30(29)36(35,18-17-24-11-7-5-8-12-24)26-15-16-31-32(19-26)38-22-37-31/h3,5-16,19-21H,4,22-23H2,1-2H3/b27-3+. The Morgan fingerprint density at radius 1 is 0.775 bits per heavy atom. The third-order valence-corrected chi connectivity index (χ3v) is 7.89. The maximum atomic E-state index is 5.92. The number of hydrogen-bond donors (Lipinski definition) is 0. The van der Waals surface area contributed by atoms with Gasteiger partial charge in [0.15, 0.2) is 23.0 Å². The van der Waals surface area contributed by atoms with Crippen molar-refractivity contribution in [3.63, 3.8) is 0 Å². The van der Waals surface area contributed by atoms with Crippen LogP contribution < -0.4 is 18.9 Å². The lowest BCUT2D eigenvalue weighted by atomic mass is 9.68. The molecule has 4 aromatic carbocycles. The molecule has 2 heterocycles. The van der Waals surface area contributed by atoms with Crippen LogP contribution in [0.25, 0.3) is 11.1 Å². The normalized spacial score (nSPS) is 18.4. The van der Waals surface area contributed by atoms with E-state index in [1.54, 1.807) is 0 Å². The van der Waals surface area contributed by atoms with Crippen LogP contribution in [0.1, 0.15) is 48.1 Å². The second-order valence-corrected chi connectivity index (χ2v) is 9.96. The zero-order chi connectivity index (χ0) is 27.1. The average Bonchev–Trinajstić information content (AvgIpc) is 3.73. The minimum atomic E-state index is -0.809. The zero-order valence-electron chi connectivity index (χ0n) is 22.5. The molecule has 0 saturated carbocycles. The van der Waals surface area contributed by atoms with Crippen LogP contribution in [0.3, 0.4) is 0 Å². The van der Waals surface area contributed by atoms with Crippen LogP contribution in [0.15, 0.2) is 103 Å². The molecule has 0 radical (unpaired) electrons. The van der Waals surface area contributed by atoms with E-state index >= 15 is 0 Å². The summed E-state index contributed by atoms with van der Waals surface area (Å²) < 4.78 is 23.4. The highest BCUT2D eigenvalue weighted by Gasteiger charge is 2.48. The van der Waals surface area contributed by atoms with Crippen molar-refractivity contribution in [3.05, 3.63) is 130 Å². The lowest BCUT2D eigenvalue weighted by Gasteiger charge is -2.32. The molecule has 0 spiro atoms. The summed E-state index contributed by atoms with van der Waals surface area (Å²) >= 11 is 0. The summed E-state index contributed by atoms with van der Waals surface area (Å²) in [4.78, 5) is 0. The molecule has 0 bridgehead atoms. The van der Waals surface area contributed by atoms with E-state index in [9.17, 15) is 0 Å². The second-order valence-electron chi connectivity index (χ2n) is 9.96. The molecule has 3 aliphatic rings. The van der Waals surface area contributed by atoms with Gasteiger partial charge >= 0.3 is 0 Å². The lowest BCUT2D eigenvalue weighted by molar-refractivity contribution is 0.173. The molecule has 0 N–H and O–H groups in total. The molecule has 40 heavy (non-hydrogen) atoms. The van der Waals surface area contributed by atoms with Crippen LogP contribution in [-0.4, -0.2) is 13.6 Å². The molecule has 4 aromatic rings. The van der Waals surface area contributed by atoms with Crippen molar-refractivity contribution in [2.24, 2.45) is 0 Å². The Balaban J connectivity index is 1.60. The van der Waals surface area contributed by atoms with Crippen molar-refractivity contribution >= 4 is 11.1 Å². The summed E-state index contributed by atoms with van der Waals surface area (Å²) in [6.45, 7) is 4.74. The molecule has 7 rings (SSSR count). The van der Waals surface area contributed by atoms with Crippen LogP contribution in [0.5, 0.6) is 23.0 Å². The monoisotopic (exact) mass is 524 g/mol. The first kappa shape index (κ1) is 24.2. The summed E-state index contributed by atoms with van der Waals surface area (Å²) in [6, 6.07) is 31.2. The Labute approximate surface area is 234 Å². The van der Waals surface area contributed by atoms with Gasteiger partial charge in [-0.15, -0.1) is 0 Å². The third-order valence-electron chi connectivity index (χ3n) is 7.89. The van der Waals surface area contributed by atoms with Gasteiger partial charge < -0.3 is 18.9 Å². The van der Waals surface area contributed by atoms with Gasteiger partial charge in [-0.25, -0.2) is 0 Å². The Morgan fingerprint density at radius 2 is 1.43 bits per heavy atom. The highest BCUT2D eigenvalue weighted by molar-refractivity contribution is 6.00. The molecule has 0 amide bonds. The van der Waals surface area contributed by atoms with Gasteiger partial charge in [0.05, 0.1) is 0 Å². The Kier molecular flexibility index (Phi) is 5.86. The summed E-state index contributed by atoms with van der Waals surface area (Å²) in [5, 5.41) is 0. The average molecular weight is 525 g/mol. The molecule has 0 saturated heterocycles. The van der Waals surface area contributed by atoms with Crippen LogP contribution >= 0.6 is 0 Å². The molecule has 196 valence electrons. The van der Waals surface area contributed by atoms with E-state index in [0.29, 0.717) is 0 Å². The fourth-order valence-corrected chi connectivity index (χ4v) is 6.12. The first-order valence-corrected chi connectivity index (χ1v) is 13.6. The van der Waals surface area contributed by atoms with E-state index in [4.69, 9.17) is 18.9 Å². The number of allylic oxidation sites excluding steroid dienone is 4. The highest BCUT2D eigenvalue weighted by atomic mass is 16.7. The molecular weight excluding hydrogens is 496 g/mol. The van der Waals surface area contributed by atoms with Gasteiger partial charge in [-0.3, -0.25) is 0 Å². The van der Waals surface area contributed by atoms with E-state index in [2.05, 4.69) is 86.4 Å². The van der Waals surface area contributed by atoms with Gasteiger partial charge in [0, 0.05) is 5.56 Å². The molecule has 0 fully saturated rings. The van der Waals surface area contributed by atoms with Crippen LogP contribution in [-0.2, 0) is 5.41 Å². The van der Waals surface area contributed by atoms with Crippen molar-refractivity contribution in [2.75, 3.05) is 13.6 Å². The van der Waals surface area contributed by atoms with Crippen molar-refractivity contribution in [3.8, 4) is 34.8 Å². The first-order valence-electron chi connectivity index (χ1n) is 13.6. The van der Waals surface area contributed by atoms with E-state index in [1.165, 1.54) is 11.1 Å². The molecule has 0 aromatic heterocycles. The predicted octanol–water partition coefficient (Wildman–Crippen LogP) is 7.76. The number of rotatable bonds is 4. The quantitative estimate of drug-likeness (QED) is 0.256. The van der Waals surface area contributed by atoms with Gasteiger partial charge in [-0.1, -0.05) is 79.4 Å². The number of benzene rings is 4. The number of ether oxygens (including phenoxy) is 4. The summed E-state index contributed by atoms with van der Waals surface area (Å²) in [6.07, 6.45) is 3.03. The lowest BCUT2D eigenvalue weighted by Crippen LogP contribution is -2.27. The topological polar surface area (TPSA) is 36.9 Å². The van der Waals surface area contributed by atoms with Crippen LogP contribution in [0.4, 0.5) is 0 Å². The maximum absolute atomic E-state index is 5.92. The first-order chi connectivity index (χ1) is 19.7. The molecule has 4 heteroatoms. The molecule has 4 nitrogen and oxygen atoms in total. The fraction of sp³-hybridized carbons (Fsp3) is 0.167. The van der Waals surface area contributed by atoms with Gasteiger partial charge in [-0.05, 0) is 88.7 Å². The van der Waals surface area contributed by atoms with Crippen molar-refractivity contribution in [1.29, 1.82) is 0 Å². The van der Waals surface area contributed by atoms with Crippen LogP contribution in [0, 0.1) is 11.8 Å². The van der Waals surface area contributed by atoms with E-state index < -0.39 is 5.41 Å². The van der Waals surface area contributed by atoms with Gasteiger partial charge in [0.25, 0.3) is 0 Å². The van der Waals surface area contributed by atoms with Crippen molar-refractivity contribution in [1.82, 2.24) is 0 Å². The summed E-state index contributed by atoms with van der Waals surface area (Å²) in [5.41, 5.74) is 8.09. The van der Waals surface area contributed by atoms with E-state index in [-0.39, 0.29) is 13.6 Å². The fourth-order valence-electron chi connectivity index (χ4n) is 6.12. The van der Waals surface area contributed by atoms with Gasteiger partial charge in [0.1, 0.15) is 5.41 Å². The van der Waals surface area contributed by atoms with E-state index in [0.717, 1.165) is 62.8 Å². The minimum absolute atomic E-state index is 0.212. The van der Waals surface area contributed by atoms with Gasteiger partial charge in [0.2, 0.25) is 13.6 Å². The molecule has 1 unspecified atom stereocenters. The van der Waals surface area contributed by atoms with E-state index in [1.807, 2.05) is 36.4 Å². The summed E-state index contributed by atoms with van der Waals surface area (Å²) in [5.74, 6) is 10.4. The minimum Gasteiger partial charge on any atom is -0.454 e. The Hall–Kier alpha value is -4.88. The Morgan fingerprint density at radius 3 is 2.12 bits per heavy atom. The second kappa shape index (κ2) is 9.70. The number of hydrogen-bond acceptors (Lipinski definition) is 4. The van der Waals surface area contributed by atoms with Gasteiger partial charge in [-0.2, -0.15) is 0 Å². The largest absolute Gasteiger partial charge is 0.454 e. The third kappa shape index (κ3) is 3.70. The molecular formula is C36H28O4. The summed E-state index contributed by atoms with van der Waals surface area (Å²) in [7, 11) is 0. The van der Waals surface area contributed by atoms with Crippen LogP contribution in [0.2, 0.25) is 0 Å². The molecule has 2 aliphatic heterocycles. The highest BCUT2D eigenvalue weighted by Crippen LogP contribution is 2.58.